The lowest BCUT2D eigenvalue weighted by Crippen LogP contribution is -2.08. The van der Waals surface area contributed by atoms with Crippen LogP contribution in [0.15, 0.2) is 0 Å². The molecule has 0 aromatic carbocycles. The second-order valence-electron chi connectivity index (χ2n) is 1.38. The highest BCUT2D eigenvalue weighted by atomic mass is 16.3. The first kappa shape index (κ1) is 5.18. The summed E-state index contributed by atoms with van der Waals surface area (Å²) in [6.07, 6.45) is -1.73. The van der Waals surface area contributed by atoms with Crippen LogP contribution in [0.5, 0.6) is 0 Å². The fourth-order valence-electron chi connectivity index (χ4n) is 0.388. The molecule has 2 nitrogen and oxygen atoms in total. The van der Waals surface area contributed by atoms with Gasteiger partial charge in [-0.25, -0.2) is 0 Å². The zero-order valence-electron chi connectivity index (χ0n) is 4.05. The van der Waals surface area contributed by atoms with Gasteiger partial charge in [0.05, 0.1) is 0 Å². The van der Waals surface area contributed by atoms with Gasteiger partial charge in [-0.2, -0.15) is 0 Å². The molecule has 1 rings (SSSR count). The van der Waals surface area contributed by atoms with Crippen LogP contribution in [0.4, 0.5) is 0 Å². The summed E-state index contributed by atoms with van der Waals surface area (Å²) in [5, 5.41) is 17.1. The summed E-state index contributed by atoms with van der Waals surface area (Å²) in [5.74, 6) is 9.25. The highest BCUT2D eigenvalue weighted by molar-refractivity contribution is 5.32. The summed E-state index contributed by atoms with van der Waals surface area (Å²) >= 11 is 0. The van der Waals surface area contributed by atoms with E-state index in [-0.39, 0.29) is 0 Å². The summed E-state index contributed by atoms with van der Waals surface area (Å²) in [6, 6.07) is 0. The lowest BCUT2D eigenvalue weighted by Gasteiger charge is -1.96. The van der Waals surface area contributed by atoms with Gasteiger partial charge in [-0.05, 0) is 0 Å². The van der Waals surface area contributed by atoms with E-state index < -0.39 is 12.2 Å². The van der Waals surface area contributed by atoms with E-state index >= 15 is 0 Å². The fraction of sp³-hybridized carbons (Fsp3) is 0.333. The molecule has 1 aliphatic carbocycles. The quantitative estimate of drug-likeness (QED) is 0.380. The Labute approximate surface area is 47.1 Å². The van der Waals surface area contributed by atoms with Gasteiger partial charge < -0.3 is 10.2 Å². The van der Waals surface area contributed by atoms with Crippen molar-refractivity contribution in [3.63, 3.8) is 0 Å². The van der Waals surface area contributed by atoms with Gasteiger partial charge in [-0.3, -0.25) is 0 Å². The van der Waals surface area contributed by atoms with E-state index in [0.717, 1.165) is 0 Å². The van der Waals surface area contributed by atoms with Gasteiger partial charge in [0.25, 0.3) is 0 Å². The van der Waals surface area contributed by atoms with Crippen LogP contribution in [0.3, 0.4) is 0 Å². The van der Waals surface area contributed by atoms with Crippen molar-refractivity contribution in [2.24, 2.45) is 0 Å². The monoisotopic (exact) mass is 108 g/mol. The van der Waals surface area contributed by atoms with E-state index in [0.29, 0.717) is 0 Å². The smallest absolute Gasteiger partial charge is 0.176 e. The van der Waals surface area contributed by atoms with Gasteiger partial charge in [0.2, 0.25) is 0 Å². The molecule has 2 heteroatoms. The maximum Gasteiger partial charge on any atom is 0.176 e. The van der Waals surface area contributed by atoms with Crippen LogP contribution in [0.1, 0.15) is 0 Å². The van der Waals surface area contributed by atoms with Gasteiger partial charge in [0, 0.05) is 0 Å². The summed E-state index contributed by atoms with van der Waals surface area (Å²) in [4.78, 5) is 0. The average molecular weight is 108 g/mol. The van der Waals surface area contributed by atoms with Gasteiger partial charge in [-0.1, -0.05) is 23.7 Å². The molecule has 0 amide bonds. The first-order chi connectivity index (χ1) is 3.79. The van der Waals surface area contributed by atoms with Crippen LogP contribution in [0, 0.1) is 23.7 Å². The van der Waals surface area contributed by atoms with E-state index in [9.17, 15) is 0 Å². The minimum Gasteiger partial charge on any atom is -0.369 e. The second-order valence-corrected chi connectivity index (χ2v) is 1.38. The highest BCUT2D eigenvalue weighted by Crippen LogP contribution is 1.85. The molecule has 0 fully saturated rings. The number of hydrogen-bond acceptors (Lipinski definition) is 2. The summed E-state index contributed by atoms with van der Waals surface area (Å²) in [5.41, 5.74) is 0. The third-order valence-electron chi connectivity index (χ3n) is 0.714. The van der Waals surface area contributed by atoms with Crippen molar-refractivity contribution < 1.29 is 10.2 Å². The molecule has 0 unspecified atom stereocenters. The number of aliphatic hydroxyl groups is 2. The van der Waals surface area contributed by atoms with Crippen molar-refractivity contribution >= 4 is 0 Å². The molecule has 8 heavy (non-hydrogen) atoms. The van der Waals surface area contributed by atoms with Crippen molar-refractivity contribution in [2.75, 3.05) is 0 Å². The lowest BCUT2D eigenvalue weighted by molar-refractivity contribution is 0.270. The maximum absolute atomic E-state index is 8.57. The standard InChI is InChI=1S/C6H4O2/c7-5-1-2-6(8)4-3-5/h5-8H. The molecule has 0 aliphatic heterocycles. The molecule has 0 radical (unpaired) electrons. The molecule has 0 heterocycles. The molecular weight excluding hydrogens is 104 g/mol. The van der Waals surface area contributed by atoms with Gasteiger partial charge in [0.1, 0.15) is 0 Å². The maximum atomic E-state index is 8.57. The Bertz CT molecular complexity index is 158. The minimum atomic E-state index is -0.863. The normalized spacial score (nSPS) is 31.8. The van der Waals surface area contributed by atoms with Crippen LogP contribution in [0.2, 0.25) is 0 Å². The Morgan fingerprint density at radius 2 is 1.00 bits per heavy atom. The van der Waals surface area contributed by atoms with Crippen molar-refractivity contribution in [3.05, 3.63) is 0 Å². The minimum absolute atomic E-state index is 0.863. The highest BCUT2D eigenvalue weighted by Gasteiger charge is 1.98. The van der Waals surface area contributed by atoms with Crippen LogP contribution >= 0.6 is 0 Å². The van der Waals surface area contributed by atoms with Crippen LogP contribution in [0.25, 0.3) is 0 Å². The Hall–Kier alpha value is -0.960. The SMILES string of the molecule is OC1C#CC(O)C#C1. The molecular formula is C6H4O2. The summed E-state index contributed by atoms with van der Waals surface area (Å²) in [6.45, 7) is 0. The van der Waals surface area contributed by atoms with Crippen molar-refractivity contribution in [1.82, 2.24) is 0 Å². The molecule has 0 bridgehead atoms. The third kappa shape index (κ3) is 1.01. The number of aliphatic hydroxyl groups excluding tert-OH is 2. The van der Waals surface area contributed by atoms with Crippen LogP contribution in [-0.2, 0) is 0 Å². The topological polar surface area (TPSA) is 40.5 Å². The number of hydrogen-bond donors (Lipinski definition) is 2. The zero-order valence-corrected chi connectivity index (χ0v) is 4.05. The van der Waals surface area contributed by atoms with Crippen molar-refractivity contribution in [3.8, 4) is 23.7 Å². The van der Waals surface area contributed by atoms with E-state index in [1.807, 2.05) is 0 Å². The number of rotatable bonds is 0. The first-order valence-corrected chi connectivity index (χ1v) is 2.17. The molecule has 0 saturated heterocycles. The summed E-state index contributed by atoms with van der Waals surface area (Å²) in [7, 11) is 0. The average Bonchev–Trinajstić information content (AvgIpc) is 1.77. The third-order valence-corrected chi connectivity index (χ3v) is 0.714. The van der Waals surface area contributed by atoms with E-state index in [2.05, 4.69) is 23.7 Å². The Kier molecular flexibility index (Phi) is 1.22. The molecule has 0 spiro atoms. The zero-order chi connectivity index (χ0) is 5.98. The molecule has 40 valence electrons. The molecule has 2 N–H and O–H groups in total. The van der Waals surface area contributed by atoms with Gasteiger partial charge in [0.15, 0.2) is 12.2 Å². The molecule has 1 aliphatic rings. The Morgan fingerprint density at radius 3 is 1.25 bits per heavy atom. The van der Waals surface area contributed by atoms with Gasteiger partial charge in [-0.15, -0.1) is 0 Å². The molecule has 0 saturated carbocycles. The van der Waals surface area contributed by atoms with E-state index in [4.69, 9.17) is 10.2 Å². The fourth-order valence-corrected chi connectivity index (χ4v) is 0.388. The van der Waals surface area contributed by atoms with E-state index in [1.54, 1.807) is 0 Å². The predicted octanol–water partition coefficient (Wildman–Crippen LogP) is -1.27. The summed E-state index contributed by atoms with van der Waals surface area (Å²) < 4.78 is 0. The van der Waals surface area contributed by atoms with Gasteiger partial charge >= 0.3 is 0 Å². The van der Waals surface area contributed by atoms with Crippen LogP contribution in [-0.4, -0.2) is 22.4 Å². The lowest BCUT2D eigenvalue weighted by atomic mass is 10.2. The molecule has 0 aromatic heterocycles. The second kappa shape index (κ2) is 1.88. The largest absolute Gasteiger partial charge is 0.369 e. The van der Waals surface area contributed by atoms with Crippen LogP contribution < -0.4 is 0 Å². The molecule has 0 atom stereocenters. The Balaban J connectivity index is 2.69. The first-order valence-electron chi connectivity index (χ1n) is 2.17. The molecule has 0 aromatic rings. The Morgan fingerprint density at radius 1 is 0.750 bits per heavy atom. The van der Waals surface area contributed by atoms with E-state index in [1.165, 1.54) is 0 Å². The predicted molar refractivity (Wildman–Crippen MR) is 27.6 cm³/mol. The van der Waals surface area contributed by atoms with Crippen molar-refractivity contribution in [1.29, 1.82) is 0 Å². The van der Waals surface area contributed by atoms with Crippen molar-refractivity contribution in [2.45, 2.75) is 12.2 Å².